The Hall–Kier alpha value is -2.53. The van der Waals surface area contributed by atoms with Crippen molar-refractivity contribution in [1.82, 2.24) is 9.97 Å². The molecule has 5 heteroatoms. The second kappa shape index (κ2) is 5.85. The van der Waals surface area contributed by atoms with Crippen LogP contribution < -0.4 is 10.5 Å². The van der Waals surface area contributed by atoms with E-state index in [1.54, 1.807) is 7.11 Å². The molecule has 3 aromatic rings. The number of rotatable bonds is 5. The van der Waals surface area contributed by atoms with Crippen LogP contribution in [-0.4, -0.2) is 23.7 Å². The first-order valence-electron chi connectivity index (χ1n) is 6.75. The number of nitrogen functional groups attached to an aromatic ring is 1. The molecule has 1 heterocycles. The van der Waals surface area contributed by atoms with E-state index < -0.39 is 0 Å². The Bertz CT molecular complexity index is 735. The number of H-pyrrole nitrogens is 1. The first-order chi connectivity index (χ1) is 10.2. The van der Waals surface area contributed by atoms with Gasteiger partial charge in [-0.15, -0.1) is 0 Å². The molecular weight excluding hydrogens is 266 g/mol. The van der Waals surface area contributed by atoms with E-state index in [1.807, 2.05) is 42.5 Å². The smallest absolute Gasteiger partial charge is 0.300 e. The minimum Gasteiger partial charge on any atom is -0.426 e. The van der Waals surface area contributed by atoms with Crippen molar-refractivity contribution in [3.05, 3.63) is 48.0 Å². The molecule has 108 valence electrons. The van der Waals surface area contributed by atoms with Crippen molar-refractivity contribution in [2.75, 3.05) is 19.5 Å². The minimum atomic E-state index is 0.459. The summed E-state index contributed by atoms with van der Waals surface area (Å²) in [7, 11) is 1.70. The lowest BCUT2D eigenvalue weighted by molar-refractivity contribution is 0.202. The largest absolute Gasteiger partial charge is 0.426 e. The molecule has 0 saturated carbocycles. The van der Waals surface area contributed by atoms with Gasteiger partial charge >= 0.3 is 0 Å². The van der Waals surface area contributed by atoms with E-state index in [-0.39, 0.29) is 0 Å². The number of anilines is 1. The van der Waals surface area contributed by atoms with Crippen molar-refractivity contribution in [2.24, 2.45) is 0 Å². The highest BCUT2D eigenvalue weighted by Gasteiger charge is 2.05. The SMILES string of the molecule is COCCc1ccc(Oc2nc3ccc(N)cc3[nH]2)cc1. The van der Waals surface area contributed by atoms with Gasteiger partial charge in [-0.1, -0.05) is 12.1 Å². The maximum Gasteiger partial charge on any atom is 0.300 e. The molecule has 0 saturated heterocycles. The summed E-state index contributed by atoms with van der Waals surface area (Å²) >= 11 is 0. The summed E-state index contributed by atoms with van der Waals surface area (Å²) in [5.74, 6) is 0.739. The van der Waals surface area contributed by atoms with Crippen molar-refractivity contribution in [3.63, 3.8) is 0 Å². The molecule has 5 nitrogen and oxygen atoms in total. The fraction of sp³-hybridized carbons (Fsp3) is 0.188. The van der Waals surface area contributed by atoms with E-state index in [0.717, 1.165) is 23.2 Å². The molecule has 3 rings (SSSR count). The number of methoxy groups -OCH3 is 1. The molecule has 0 aliphatic heterocycles. The summed E-state index contributed by atoms with van der Waals surface area (Å²) in [5, 5.41) is 0. The van der Waals surface area contributed by atoms with Crippen LogP contribution in [0.1, 0.15) is 5.56 Å². The number of benzene rings is 2. The van der Waals surface area contributed by atoms with Gasteiger partial charge in [0, 0.05) is 12.8 Å². The van der Waals surface area contributed by atoms with Gasteiger partial charge < -0.3 is 20.2 Å². The molecule has 0 radical (unpaired) electrons. The Labute approximate surface area is 122 Å². The zero-order chi connectivity index (χ0) is 14.7. The standard InChI is InChI=1S/C16H17N3O2/c1-20-9-8-11-2-5-13(6-3-11)21-16-18-14-7-4-12(17)10-15(14)19-16/h2-7,10H,8-9,17H2,1H3,(H,18,19). The van der Waals surface area contributed by atoms with Gasteiger partial charge in [0.05, 0.1) is 17.6 Å². The maximum absolute atomic E-state index is 5.74. The topological polar surface area (TPSA) is 73.2 Å². The Morgan fingerprint density at radius 1 is 1.14 bits per heavy atom. The molecule has 1 aromatic heterocycles. The lowest BCUT2D eigenvalue weighted by Crippen LogP contribution is -1.94. The van der Waals surface area contributed by atoms with Crippen LogP contribution in [0.5, 0.6) is 11.8 Å². The molecular formula is C16H17N3O2. The van der Waals surface area contributed by atoms with Crippen molar-refractivity contribution < 1.29 is 9.47 Å². The Kier molecular flexibility index (Phi) is 3.75. The van der Waals surface area contributed by atoms with Crippen LogP contribution in [-0.2, 0) is 11.2 Å². The first kappa shape index (κ1) is 13.5. The summed E-state index contributed by atoms with van der Waals surface area (Å²) in [6.45, 7) is 0.713. The fourth-order valence-corrected chi connectivity index (χ4v) is 2.11. The molecule has 2 aromatic carbocycles. The number of nitrogens with one attached hydrogen (secondary N) is 1. The monoisotopic (exact) mass is 283 g/mol. The Balaban J connectivity index is 1.75. The molecule has 3 N–H and O–H groups in total. The minimum absolute atomic E-state index is 0.459. The van der Waals surface area contributed by atoms with Gasteiger partial charge in [0.2, 0.25) is 0 Å². The number of ether oxygens (including phenoxy) is 2. The van der Waals surface area contributed by atoms with Crippen molar-refractivity contribution in [3.8, 4) is 11.8 Å². The number of nitrogens with two attached hydrogens (primary N) is 1. The van der Waals surface area contributed by atoms with Gasteiger partial charge in [-0.05, 0) is 42.3 Å². The average molecular weight is 283 g/mol. The van der Waals surface area contributed by atoms with Gasteiger partial charge in [0.1, 0.15) is 5.75 Å². The fourth-order valence-electron chi connectivity index (χ4n) is 2.11. The first-order valence-corrected chi connectivity index (χ1v) is 6.75. The van der Waals surface area contributed by atoms with E-state index in [4.69, 9.17) is 15.2 Å². The molecule has 0 bridgehead atoms. The number of nitrogens with zero attached hydrogens (tertiary/aromatic N) is 1. The Morgan fingerprint density at radius 3 is 2.71 bits per heavy atom. The molecule has 0 aliphatic carbocycles. The van der Waals surface area contributed by atoms with Gasteiger partial charge in [-0.2, -0.15) is 4.98 Å². The van der Waals surface area contributed by atoms with Crippen molar-refractivity contribution in [2.45, 2.75) is 6.42 Å². The molecule has 0 fully saturated rings. The second-order valence-electron chi connectivity index (χ2n) is 4.81. The highest BCUT2D eigenvalue weighted by atomic mass is 16.5. The zero-order valence-corrected chi connectivity index (χ0v) is 11.8. The summed E-state index contributed by atoms with van der Waals surface area (Å²) in [6, 6.07) is 13.9. The van der Waals surface area contributed by atoms with Crippen molar-refractivity contribution in [1.29, 1.82) is 0 Å². The van der Waals surface area contributed by atoms with Crippen LogP contribution in [0.15, 0.2) is 42.5 Å². The lowest BCUT2D eigenvalue weighted by Gasteiger charge is -2.04. The molecule has 0 unspecified atom stereocenters. The predicted octanol–water partition coefficient (Wildman–Crippen LogP) is 3.13. The third-order valence-corrected chi connectivity index (χ3v) is 3.22. The highest BCUT2D eigenvalue weighted by molar-refractivity contribution is 5.79. The van der Waals surface area contributed by atoms with Crippen LogP contribution in [0.2, 0.25) is 0 Å². The van der Waals surface area contributed by atoms with E-state index in [1.165, 1.54) is 5.56 Å². The number of imidazole rings is 1. The van der Waals surface area contributed by atoms with Crippen LogP contribution >= 0.6 is 0 Å². The normalized spacial score (nSPS) is 10.9. The molecule has 0 atom stereocenters. The van der Waals surface area contributed by atoms with Crippen molar-refractivity contribution >= 4 is 16.7 Å². The van der Waals surface area contributed by atoms with Crippen LogP contribution in [0, 0.1) is 0 Å². The summed E-state index contributed by atoms with van der Waals surface area (Å²) in [4.78, 5) is 7.47. The Morgan fingerprint density at radius 2 is 1.95 bits per heavy atom. The maximum atomic E-state index is 5.74. The van der Waals surface area contributed by atoms with Crippen LogP contribution in [0.3, 0.4) is 0 Å². The number of hydrogen-bond donors (Lipinski definition) is 2. The van der Waals surface area contributed by atoms with Gasteiger partial charge in [0.15, 0.2) is 0 Å². The van der Waals surface area contributed by atoms with Gasteiger partial charge in [-0.3, -0.25) is 0 Å². The number of hydrogen-bond acceptors (Lipinski definition) is 4. The summed E-state index contributed by atoms with van der Waals surface area (Å²) < 4.78 is 10.8. The summed E-state index contributed by atoms with van der Waals surface area (Å²) in [6.07, 6.45) is 0.890. The van der Waals surface area contributed by atoms with Crippen LogP contribution in [0.4, 0.5) is 5.69 Å². The number of aromatic amines is 1. The average Bonchev–Trinajstić information content (AvgIpc) is 2.88. The molecule has 0 amide bonds. The highest BCUT2D eigenvalue weighted by Crippen LogP contribution is 2.23. The molecule has 0 spiro atoms. The van der Waals surface area contributed by atoms with E-state index in [9.17, 15) is 0 Å². The van der Waals surface area contributed by atoms with Gasteiger partial charge in [-0.25, -0.2) is 0 Å². The number of fused-ring (bicyclic) bond motifs is 1. The predicted molar refractivity (Wildman–Crippen MR) is 82.6 cm³/mol. The molecule has 0 aliphatic rings. The third-order valence-electron chi connectivity index (χ3n) is 3.22. The third kappa shape index (κ3) is 3.14. The summed E-state index contributed by atoms with van der Waals surface area (Å²) in [5.41, 5.74) is 9.34. The van der Waals surface area contributed by atoms with E-state index in [2.05, 4.69) is 9.97 Å². The quantitative estimate of drug-likeness (QED) is 0.706. The zero-order valence-electron chi connectivity index (χ0n) is 11.8. The van der Waals surface area contributed by atoms with E-state index in [0.29, 0.717) is 18.3 Å². The van der Waals surface area contributed by atoms with Gasteiger partial charge in [0.25, 0.3) is 6.01 Å². The second-order valence-corrected chi connectivity index (χ2v) is 4.81. The lowest BCUT2D eigenvalue weighted by atomic mass is 10.1. The molecule has 21 heavy (non-hydrogen) atoms. The van der Waals surface area contributed by atoms with E-state index >= 15 is 0 Å². The number of aromatic nitrogens is 2. The van der Waals surface area contributed by atoms with Crippen LogP contribution in [0.25, 0.3) is 11.0 Å².